The van der Waals surface area contributed by atoms with Crippen LogP contribution in [0.15, 0.2) is 65.1 Å². The number of aromatic nitrogens is 2. The van der Waals surface area contributed by atoms with E-state index < -0.39 is 5.97 Å². The van der Waals surface area contributed by atoms with Crippen molar-refractivity contribution in [1.82, 2.24) is 9.55 Å². The first-order valence-electron chi connectivity index (χ1n) is 8.01. The molecule has 0 aliphatic carbocycles. The van der Waals surface area contributed by atoms with Crippen LogP contribution in [0.1, 0.15) is 15.9 Å². The van der Waals surface area contributed by atoms with Crippen LogP contribution in [0.25, 0.3) is 16.6 Å². The first-order chi connectivity index (χ1) is 12.5. The van der Waals surface area contributed by atoms with Gasteiger partial charge in [0, 0.05) is 5.75 Å². The third kappa shape index (κ3) is 3.41. The van der Waals surface area contributed by atoms with E-state index in [1.165, 1.54) is 24.9 Å². The van der Waals surface area contributed by atoms with E-state index in [-0.39, 0.29) is 5.56 Å². The number of ether oxygens (including phenoxy) is 1. The predicted octanol–water partition coefficient (Wildman–Crippen LogP) is 3.76. The highest BCUT2D eigenvalue weighted by molar-refractivity contribution is 7.99. The summed E-state index contributed by atoms with van der Waals surface area (Å²) in [6.07, 6.45) is 1.77. The minimum Gasteiger partial charge on any atom is -0.465 e. The van der Waals surface area contributed by atoms with Gasteiger partial charge in [0.15, 0.2) is 5.16 Å². The Labute approximate surface area is 155 Å². The second-order valence-electron chi connectivity index (χ2n) is 5.70. The molecule has 0 spiro atoms. The van der Waals surface area contributed by atoms with Gasteiger partial charge in [-0.1, -0.05) is 30.0 Å². The summed E-state index contributed by atoms with van der Waals surface area (Å²) in [5, 5.41) is 0.955. The highest BCUT2D eigenvalue weighted by atomic mass is 32.2. The molecule has 0 saturated heterocycles. The number of esters is 1. The second kappa shape index (κ2) is 7.58. The Kier molecular flexibility index (Phi) is 5.23. The van der Waals surface area contributed by atoms with Crippen LogP contribution < -0.4 is 5.56 Å². The molecule has 5 nitrogen and oxygen atoms in total. The molecule has 0 unspecified atom stereocenters. The lowest BCUT2D eigenvalue weighted by Gasteiger charge is -2.13. The van der Waals surface area contributed by atoms with Crippen LogP contribution in [0.4, 0.5) is 0 Å². The summed E-state index contributed by atoms with van der Waals surface area (Å²) in [6.45, 7) is 5.70. The zero-order chi connectivity index (χ0) is 18.7. The normalized spacial score (nSPS) is 10.7. The van der Waals surface area contributed by atoms with Gasteiger partial charge in [0.2, 0.25) is 0 Å². The van der Waals surface area contributed by atoms with Crippen molar-refractivity contribution in [3.8, 4) is 5.69 Å². The van der Waals surface area contributed by atoms with Crippen LogP contribution in [0, 0.1) is 6.92 Å². The SMILES string of the molecule is C=CCSc1nc2ccc(C(=O)OC)cc2c(=O)n1-c1cccc(C)c1. The van der Waals surface area contributed by atoms with Crippen molar-refractivity contribution in [2.24, 2.45) is 0 Å². The summed E-state index contributed by atoms with van der Waals surface area (Å²) in [6, 6.07) is 12.5. The summed E-state index contributed by atoms with van der Waals surface area (Å²) in [5.41, 5.74) is 2.41. The van der Waals surface area contributed by atoms with Crippen molar-refractivity contribution < 1.29 is 9.53 Å². The molecule has 0 amide bonds. The smallest absolute Gasteiger partial charge is 0.337 e. The molecule has 0 radical (unpaired) electrons. The molecule has 2 aromatic carbocycles. The largest absolute Gasteiger partial charge is 0.465 e. The van der Waals surface area contributed by atoms with Gasteiger partial charge in [0.1, 0.15) is 0 Å². The van der Waals surface area contributed by atoms with E-state index in [1.54, 1.807) is 22.8 Å². The summed E-state index contributed by atoms with van der Waals surface area (Å²) in [5.74, 6) is 0.141. The quantitative estimate of drug-likeness (QED) is 0.298. The molecule has 3 aromatic rings. The molecular formula is C20H18N2O3S. The molecular weight excluding hydrogens is 348 g/mol. The Morgan fingerprint density at radius 2 is 2.12 bits per heavy atom. The monoisotopic (exact) mass is 366 g/mol. The fourth-order valence-electron chi connectivity index (χ4n) is 2.64. The van der Waals surface area contributed by atoms with E-state index in [0.717, 1.165) is 11.3 Å². The van der Waals surface area contributed by atoms with Crippen LogP contribution in [-0.4, -0.2) is 28.4 Å². The van der Waals surface area contributed by atoms with Crippen molar-refractivity contribution in [2.45, 2.75) is 12.1 Å². The molecule has 0 bridgehead atoms. The van der Waals surface area contributed by atoms with Crippen LogP contribution in [0.5, 0.6) is 0 Å². The number of carbonyl (C=O) groups excluding carboxylic acids is 1. The van der Waals surface area contributed by atoms with E-state index in [2.05, 4.69) is 11.6 Å². The van der Waals surface area contributed by atoms with Gasteiger partial charge in [-0.05, 0) is 42.8 Å². The fraction of sp³-hybridized carbons (Fsp3) is 0.150. The van der Waals surface area contributed by atoms with Crippen molar-refractivity contribution in [2.75, 3.05) is 12.9 Å². The van der Waals surface area contributed by atoms with Crippen LogP contribution in [-0.2, 0) is 4.74 Å². The number of benzene rings is 2. The van der Waals surface area contributed by atoms with Gasteiger partial charge >= 0.3 is 5.97 Å². The average molecular weight is 366 g/mol. The van der Waals surface area contributed by atoms with Crippen molar-refractivity contribution in [3.63, 3.8) is 0 Å². The third-order valence-corrected chi connectivity index (χ3v) is 4.78. The molecule has 132 valence electrons. The topological polar surface area (TPSA) is 61.2 Å². The number of aryl methyl sites for hydroxylation is 1. The molecule has 1 aromatic heterocycles. The molecule has 0 aliphatic heterocycles. The van der Waals surface area contributed by atoms with Crippen LogP contribution in [0.3, 0.4) is 0 Å². The number of methoxy groups -OCH3 is 1. The first-order valence-corrected chi connectivity index (χ1v) is 8.99. The number of hydrogen-bond donors (Lipinski definition) is 0. The van der Waals surface area contributed by atoms with Crippen LogP contribution >= 0.6 is 11.8 Å². The number of rotatable bonds is 5. The average Bonchev–Trinajstić information content (AvgIpc) is 2.65. The molecule has 1 heterocycles. The molecule has 0 saturated carbocycles. The lowest BCUT2D eigenvalue weighted by molar-refractivity contribution is 0.0601. The Hall–Kier alpha value is -2.86. The van der Waals surface area contributed by atoms with E-state index >= 15 is 0 Å². The standard InChI is InChI=1S/C20H18N2O3S/c1-4-10-26-20-21-17-9-8-14(19(24)25-3)12-16(17)18(23)22(20)15-7-5-6-13(2)11-15/h4-9,11-12H,1,10H2,2-3H3. The van der Waals surface area contributed by atoms with Gasteiger partial charge in [-0.2, -0.15) is 0 Å². The van der Waals surface area contributed by atoms with Crippen molar-refractivity contribution >= 4 is 28.6 Å². The van der Waals surface area contributed by atoms with E-state index in [0.29, 0.717) is 27.4 Å². The Morgan fingerprint density at radius 1 is 1.31 bits per heavy atom. The highest BCUT2D eigenvalue weighted by Gasteiger charge is 2.15. The molecule has 3 rings (SSSR count). The summed E-state index contributed by atoms with van der Waals surface area (Å²) >= 11 is 1.43. The number of thioether (sulfide) groups is 1. The zero-order valence-corrected chi connectivity index (χ0v) is 15.4. The molecule has 0 fully saturated rings. The minimum atomic E-state index is -0.487. The van der Waals surface area contributed by atoms with E-state index in [4.69, 9.17) is 4.74 Å². The first kappa shape index (κ1) is 17.9. The lowest BCUT2D eigenvalue weighted by Crippen LogP contribution is -2.22. The fourth-order valence-corrected chi connectivity index (χ4v) is 3.38. The number of hydrogen-bond acceptors (Lipinski definition) is 5. The van der Waals surface area contributed by atoms with Gasteiger partial charge in [0.05, 0.1) is 29.3 Å². The van der Waals surface area contributed by atoms with Gasteiger partial charge in [0.25, 0.3) is 5.56 Å². The van der Waals surface area contributed by atoms with Gasteiger partial charge in [-0.3, -0.25) is 9.36 Å². The minimum absolute atomic E-state index is 0.224. The number of nitrogens with zero attached hydrogens (tertiary/aromatic N) is 2. The molecule has 6 heteroatoms. The molecule has 26 heavy (non-hydrogen) atoms. The number of carbonyl (C=O) groups is 1. The number of fused-ring (bicyclic) bond motifs is 1. The summed E-state index contributed by atoms with van der Waals surface area (Å²) < 4.78 is 6.32. The molecule has 0 N–H and O–H groups in total. The highest BCUT2D eigenvalue weighted by Crippen LogP contribution is 2.22. The molecule has 0 atom stereocenters. The van der Waals surface area contributed by atoms with Crippen molar-refractivity contribution in [3.05, 3.63) is 76.6 Å². The summed E-state index contributed by atoms with van der Waals surface area (Å²) in [7, 11) is 1.31. The predicted molar refractivity (Wildman–Crippen MR) is 104 cm³/mol. The second-order valence-corrected chi connectivity index (χ2v) is 6.68. The Morgan fingerprint density at radius 3 is 2.81 bits per heavy atom. The van der Waals surface area contributed by atoms with Gasteiger partial charge in [-0.25, -0.2) is 9.78 Å². The Bertz CT molecular complexity index is 1060. The third-order valence-electron chi connectivity index (χ3n) is 3.85. The molecule has 0 aliphatic rings. The lowest BCUT2D eigenvalue weighted by atomic mass is 10.1. The van der Waals surface area contributed by atoms with Crippen LogP contribution in [0.2, 0.25) is 0 Å². The maximum absolute atomic E-state index is 13.2. The maximum atomic E-state index is 13.2. The van der Waals surface area contributed by atoms with Gasteiger partial charge < -0.3 is 4.74 Å². The van der Waals surface area contributed by atoms with Gasteiger partial charge in [-0.15, -0.1) is 6.58 Å². The maximum Gasteiger partial charge on any atom is 0.337 e. The zero-order valence-electron chi connectivity index (χ0n) is 14.6. The Balaban J connectivity index is 2.30. The van der Waals surface area contributed by atoms with E-state index in [1.807, 2.05) is 31.2 Å². The van der Waals surface area contributed by atoms with E-state index in [9.17, 15) is 9.59 Å². The summed E-state index contributed by atoms with van der Waals surface area (Å²) in [4.78, 5) is 29.7. The van der Waals surface area contributed by atoms with Crippen molar-refractivity contribution in [1.29, 1.82) is 0 Å².